The highest BCUT2D eigenvalue weighted by molar-refractivity contribution is 7.16. The zero-order chi connectivity index (χ0) is 24.6. The predicted molar refractivity (Wildman–Crippen MR) is 146 cm³/mol. The summed E-state index contributed by atoms with van der Waals surface area (Å²) in [7, 11) is 0. The van der Waals surface area contributed by atoms with Crippen LogP contribution in [0.4, 0.5) is 5.82 Å². The van der Waals surface area contributed by atoms with Crippen LogP contribution >= 0.6 is 11.3 Å². The third kappa shape index (κ3) is 3.76. The van der Waals surface area contributed by atoms with Crippen molar-refractivity contribution in [3.05, 3.63) is 101 Å². The zero-order valence-electron chi connectivity index (χ0n) is 19.9. The van der Waals surface area contributed by atoms with Crippen LogP contribution in [0.2, 0.25) is 0 Å². The summed E-state index contributed by atoms with van der Waals surface area (Å²) in [4.78, 5) is 23.2. The average Bonchev–Trinajstić information content (AvgIpc) is 3.59. The largest absolute Gasteiger partial charge is 0.360 e. The molecule has 8 heteroatoms. The van der Waals surface area contributed by atoms with Crippen LogP contribution in [-0.4, -0.2) is 24.3 Å². The van der Waals surface area contributed by atoms with E-state index in [1.165, 1.54) is 0 Å². The van der Waals surface area contributed by atoms with Gasteiger partial charge in [-0.25, -0.2) is 9.97 Å². The molecule has 1 N–H and O–H groups in total. The molecule has 0 saturated heterocycles. The van der Waals surface area contributed by atoms with Gasteiger partial charge in [0.1, 0.15) is 5.52 Å². The van der Waals surface area contributed by atoms with Gasteiger partial charge < -0.3 is 5.32 Å². The van der Waals surface area contributed by atoms with Gasteiger partial charge in [0.2, 0.25) is 0 Å². The number of nitrogens with one attached hydrogen (secondary N) is 1. The van der Waals surface area contributed by atoms with Gasteiger partial charge in [-0.1, -0.05) is 36.4 Å². The summed E-state index contributed by atoms with van der Waals surface area (Å²) >= 11 is 1.58. The maximum atomic E-state index is 14.2. The Hall–Kier alpha value is -4.30. The van der Waals surface area contributed by atoms with E-state index < -0.39 is 0 Å². The lowest BCUT2D eigenvalue weighted by atomic mass is 9.99. The molecule has 1 atom stereocenters. The lowest BCUT2D eigenvalue weighted by Gasteiger charge is -2.22. The number of rotatable bonds is 6. The monoisotopic (exact) mass is 492 g/mol. The van der Waals surface area contributed by atoms with E-state index in [-0.39, 0.29) is 11.6 Å². The smallest absolute Gasteiger partial charge is 0.263 e. The molecule has 4 aromatic heterocycles. The first kappa shape index (κ1) is 22.2. The molecular weight excluding hydrogens is 468 g/mol. The summed E-state index contributed by atoms with van der Waals surface area (Å²) in [5.74, 6) is 0.703. The van der Waals surface area contributed by atoms with Gasteiger partial charge in [-0.2, -0.15) is 5.10 Å². The first-order valence-corrected chi connectivity index (χ1v) is 12.7. The van der Waals surface area contributed by atoms with Crippen molar-refractivity contribution in [3.63, 3.8) is 0 Å². The number of para-hydroxylation sites is 1. The number of aryl methyl sites for hydroxylation is 1. The number of aromatic nitrogens is 5. The van der Waals surface area contributed by atoms with Gasteiger partial charge in [0, 0.05) is 35.9 Å². The summed E-state index contributed by atoms with van der Waals surface area (Å²) in [6.07, 6.45) is 5.59. The Balaban J connectivity index is 1.56. The van der Waals surface area contributed by atoms with E-state index in [4.69, 9.17) is 0 Å². The summed E-state index contributed by atoms with van der Waals surface area (Å²) < 4.78 is 4.74. The van der Waals surface area contributed by atoms with Gasteiger partial charge in [0.15, 0.2) is 5.82 Å². The number of thiazole rings is 1. The molecule has 6 rings (SSSR count). The number of hydrogen-bond donors (Lipinski definition) is 1. The Morgan fingerprint density at radius 2 is 1.92 bits per heavy atom. The lowest BCUT2D eigenvalue weighted by molar-refractivity contribution is 0.660. The van der Waals surface area contributed by atoms with Crippen molar-refractivity contribution in [2.45, 2.75) is 26.4 Å². The molecule has 0 bridgehead atoms. The van der Waals surface area contributed by atoms with Crippen LogP contribution < -0.4 is 10.9 Å². The second-order valence-electron chi connectivity index (χ2n) is 8.62. The fraction of sp³-hybridized carbons (Fsp3) is 0.143. The highest BCUT2D eigenvalue weighted by Gasteiger charge is 2.20. The summed E-state index contributed by atoms with van der Waals surface area (Å²) in [6.45, 7) is 4.86. The predicted octanol–water partition coefficient (Wildman–Crippen LogP) is 6.05. The van der Waals surface area contributed by atoms with Crippen LogP contribution in [0.25, 0.3) is 37.8 Å². The van der Waals surface area contributed by atoms with Crippen molar-refractivity contribution in [1.82, 2.24) is 24.3 Å². The van der Waals surface area contributed by atoms with Gasteiger partial charge in [-0.3, -0.25) is 14.0 Å². The first-order chi connectivity index (χ1) is 17.6. The molecule has 0 spiro atoms. The molecule has 178 valence electrons. The van der Waals surface area contributed by atoms with Crippen LogP contribution in [0.5, 0.6) is 0 Å². The lowest BCUT2D eigenvalue weighted by Crippen LogP contribution is -2.26. The van der Waals surface area contributed by atoms with E-state index in [0.717, 1.165) is 44.7 Å². The van der Waals surface area contributed by atoms with Crippen LogP contribution in [0.1, 0.15) is 25.6 Å². The molecule has 0 radical (unpaired) electrons. The molecule has 36 heavy (non-hydrogen) atoms. The Bertz CT molecular complexity index is 1750. The molecule has 0 aliphatic rings. The maximum absolute atomic E-state index is 14.2. The fourth-order valence-electron chi connectivity index (χ4n) is 4.64. The number of hydrogen-bond acceptors (Lipinski definition) is 6. The van der Waals surface area contributed by atoms with Crippen LogP contribution in [0.15, 0.2) is 89.6 Å². The van der Waals surface area contributed by atoms with Crippen LogP contribution in [0.3, 0.4) is 0 Å². The number of benzene rings is 2. The van der Waals surface area contributed by atoms with E-state index in [1.54, 1.807) is 22.1 Å². The summed E-state index contributed by atoms with van der Waals surface area (Å²) in [6, 6.07) is 19.6. The molecule has 2 aromatic carbocycles. The van der Waals surface area contributed by atoms with E-state index in [1.807, 2.05) is 91.0 Å². The van der Waals surface area contributed by atoms with Crippen molar-refractivity contribution < 1.29 is 0 Å². The molecule has 0 aliphatic heterocycles. The normalized spacial score (nSPS) is 12.3. The van der Waals surface area contributed by atoms with E-state index >= 15 is 0 Å². The molecule has 7 nitrogen and oxygen atoms in total. The second-order valence-corrected chi connectivity index (χ2v) is 9.51. The first-order valence-electron chi connectivity index (χ1n) is 11.9. The van der Waals surface area contributed by atoms with Crippen molar-refractivity contribution >= 4 is 38.1 Å². The molecule has 0 amide bonds. The number of anilines is 1. The van der Waals surface area contributed by atoms with Gasteiger partial charge in [-0.05, 0) is 49.1 Å². The Morgan fingerprint density at radius 3 is 2.72 bits per heavy atom. The van der Waals surface area contributed by atoms with Gasteiger partial charge in [0.05, 0.1) is 27.8 Å². The van der Waals surface area contributed by atoms with E-state index in [2.05, 4.69) is 26.4 Å². The third-order valence-corrected chi connectivity index (χ3v) is 7.20. The fourth-order valence-corrected chi connectivity index (χ4v) is 5.31. The maximum Gasteiger partial charge on any atom is 0.263 e. The average molecular weight is 493 g/mol. The topological polar surface area (TPSA) is 77.6 Å². The summed E-state index contributed by atoms with van der Waals surface area (Å²) in [5.41, 5.74) is 6.04. The molecule has 0 saturated carbocycles. The van der Waals surface area contributed by atoms with Crippen molar-refractivity contribution in [2.24, 2.45) is 0 Å². The third-order valence-electron chi connectivity index (χ3n) is 6.40. The minimum atomic E-state index is -0.214. The number of fused-ring (bicyclic) bond motifs is 2. The molecule has 0 fully saturated rings. The highest BCUT2D eigenvalue weighted by atomic mass is 32.1. The van der Waals surface area contributed by atoms with Crippen LogP contribution in [0, 0.1) is 0 Å². The minimum absolute atomic E-state index is 0.0676. The van der Waals surface area contributed by atoms with Gasteiger partial charge >= 0.3 is 0 Å². The number of pyridine rings is 2. The Labute approximate surface area is 211 Å². The SMILES string of the molecule is CCn1cc(-c2cccc3cc([C@H](C)Nc4nccc5scnc45)n(-c4ccccc4)c(=O)c23)cn1. The molecule has 0 aliphatic carbocycles. The minimum Gasteiger partial charge on any atom is -0.360 e. The molecular formula is C28H24N6OS. The van der Waals surface area contributed by atoms with E-state index in [0.29, 0.717) is 11.2 Å². The summed E-state index contributed by atoms with van der Waals surface area (Å²) in [5, 5.41) is 9.49. The Kier molecular flexibility index (Phi) is 5.58. The quantitative estimate of drug-likeness (QED) is 0.306. The molecule has 6 aromatic rings. The van der Waals surface area contributed by atoms with Gasteiger partial charge in [0.25, 0.3) is 5.56 Å². The van der Waals surface area contributed by atoms with Crippen molar-refractivity contribution in [3.8, 4) is 16.8 Å². The molecule has 0 unspecified atom stereocenters. The van der Waals surface area contributed by atoms with E-state index in [9.17, 15) is 4.79 Å². The second kappa shape index (κ2) is 9.05. The highest BCUT2D eigenvalue weighted by Crippen LogP contribution is 2.31. The molecule has 4 heterocycles. The van der Waals surface area contributed by atoms with Gasteiger partial charge in [-0.15, -0.1) is 11.3 Å². The van der Waals surface area contributed by atoms with Crippen LogP contribution in [-0.2, 0) is 6.54 Å². The van der Waals surface area contributed by atoms with Crippen molar-refractivity contribution in [1.29, 1.82) is 0 Å². The van der Waals surface area contributed by atoms with Crippen molar-refractivity contribution in [2.75, 3.05) is 5.32 Å². The number of nitrogens with zero attached hydrogens (tertiary/aromatic N) is 5. The standard InChI is InChI=1S/C28H24N6OS/c1-3-33-16-20(15-31-33)22-11-7-8-19-14-23(34(28(35)25(19)22)21-9-5-4-6-10-21)18(2)32-27-26-24(12-13-29-27)36-17-30-26/h4-18H,3H2,1-2H3,(H,29,32)/t18-/m0/s1. The Morgan fingerprint density at radius 1 is 1.06 bits per heavy atom. The zero-order valence-corrected chi connectivity index (χ0v) is 20.7.